The molecule has 1 heterocycles. The molecule has 112 valence electrons. The Morgan fingerprint density at radius 3 is 2.63 bits per heavy atom. The standard InChI is InChI=1S/C16H33N3/c1-16(2)9-8-14(17-3)15(11-16)19-10-6-7-13(19)12-18(4)5/h13-15,17H,6-12H2,1-5H3. The van der Waals surface area contributed by atoms with Gasteiger partial charge < -0.3 is 10.2 Å². The molecule has 1 N–H and O–H groups in total. The fourth-order valence-electron chi connectivity index (χ4n) is 4.15. The summed E-state index contributed by atoms with van der Waals surface area (Å²) in [5.41, 5.74) is 0.517. The van der Waals surface area contributed by atoms with Crippen molar-refractivity contribution in [3.63, 3.8) is 0 Å². The summed E-state index contributed by atoms with van der Waals surface area (Å²) in [4.78, 5) is 5.17. The molecule has 3 nitrogen and oxygen atoms in total. The zero-order chi connectivity index (χ0) is 14.0. The number of likely N-dealkylation sites (tertiary alicyclic amines) is 1. The fourth-order valence-corrected chi connectivity index (χ4v) is 4.15. The smallest absolute Gasteiger partial charge is 0.0257 e. The van der Waals surface area contributed by atoms with Crippen LogP contribution in [0.15, 0.2) is 0 Å². The van der Waals surface area contributed by atoms with Gasteiger partial charge in [-0.15, -0.1) is 0 Å². The SMILES string of the molecule is CNC1CCC(C)(C)CC1N1CCCC1CN(C)C. The van der Waals surface area contributed by atoms with Gasteiger partial charge in [-0.1, -0.05) is 13.8 Å². The van der Waals surface area contributed by atoms with Crippen LogP contribution in [0, 0.1) is 5.41 Å². The molecule has 2 fully saturated rings. The second-order valence-electron chi connectivity index (χ2n) is 7.67. The number of rotatable bonds is 4. The molecule has 2 aliphatic rings. The highest BCUT2D eigenvalue weighted by molar-refractivity contribution is 4.98. The van der Waals surface area contributed by atoms with Gasteiger partial charge in [0.25, 0.3) is 0 Å². The van der Waals surface area contributed by atoms with E-state index in [1.54, 1.807) is 0 Å². The van der Waals surface area contributed by atoms with Crippen molar-refractivity contribution >= 4 is 0 Å². The maximum Gasteiger partial charge on any atom is 0.0257 e. The Bertz CT molecular complexity index is 288. The lowest BCUT2D eigenvalue weighted by atomic mass is 9.72. The van der Waals surface area contributed by atoms with Gasteiger partial charge in [-0.3, -0.25) is 4.90 Å². The van der Waals surface area contributed by atoms with Gasteiger partial charge in [0.1, 0.15) is 0 Å². The zero-order valence-electron chi connectivity index (χ0n) is 13.6. The maximum absolute atomic E-state index is 3.59. The first kappa shape index (κ1) is 15.3. The van der Waals surface area contributed by atoms with E-state index in [-0.39, 0.29) is 0 Å². The molecule has 3 heteroatoms. The van der Waals surface area contributed by atoms with Crippen LogP contribution in [-0.4, -0.2) is 62.2 Å². The van der Waals surface area contributed by atoms with Crippen molar-refractivity contribution in [3.8, 4) is 0 Å². The molecule has 0 bridgehead atoms. The van der Waals surface area contributed by atoms with Crippen LogP contribution in [-0.2, 0) is 0 Å². The lowest BCUT2D eigenvalue weighted by molar-refractivity contribution is 0.0519. The molecule has 2 rings (SSSR count). The summed E-state index contributed by atoms with van der Waals surface area (Å²) in [6.07, 6.45) is 6.81. The summed E-state index contributed by atoms with van der Waals surface area (Å²) in [7, 11) is 6.56. The van der Waals surface area contributed by atoms with Crippen molar-refractivity contribution in [1.82, 2.24) is 15.1 Å². The van der Waals surface area contributed by atoms with Crippen LogP contribution in [0.4, 0.5) is 0 Å². The maximum atomic E-state index is 3.59. The first-order valence-corrected chi connectivity index (χ1v) is 8.01. The molecule has 1 aliphatic carbocycles. The Kier molecular flexibility index (Phi) is 4.91. The van der Waals surface area contributed by atoms with Gasteiger partial charge in [-0.2, -0.15) is 0 Å². The number of hydrogen-bond acceptors (Lipinski definition) is 3. The third-order valence-electron chi connectivity index (χ3n) is 5.15. The molecule has 19 heavy (non-hydrogen) atoms. The van der Waals surface area contributed by atoms with Crippen molar-refractivity contribution in [3.05, 3.63) is 0 Å². The summed E-state index contributed by atoms with van der Waals surface area (Å²) in [6, 6.07) is 2.20. The summed E-state index contributed by atoms with van der Waals surface area (Å²) < 4.78 is 0. The molecule has 0 aromatic carbocycles. The number of hydrogen-bond donors (Lipinski definition) is 1. The van der Waals surface area contributed by atoms with Crippen LogP contribution in [0.25, 0.3) is 0 Å². The molecule has 3 unspecified atom stereocenters. The lowest BCUT2D eigenvalue weighted by Gasteiger charge is -2.47. The minimum Gasteiger partial charge on any atom is -0.315 e. The van der Waals surface area contributed by atoms with Gasteiger partial charge in [0.2, 0.25) is 0 Å². The molecule has 1 saturated heterocycles. The molecule has 0 aromatic heterocycles. The van der Waals surface area contributed by atoms with Crippen molar-refractivity contribution < 1.29 is 0 Å². The van der Waals surface area contributed by atoms with Crippen molar-refractivity contribution in [2.24, 2.45) is 5.41 Å². The molecular weight excluding hydrogens is 234 g/mol. The van der Waals surface area contributed by atoms with Gasteiger partial charge in [0, 0.05) is 24.7 Å². The minimum atomic E-state index is 0.517. The first-order chi connectivity index (χ1) is 8.93. The van der Waals surface area contributed by atoms with E-state index < -0.39 is 0 Å². The van der Waals surface area contributed by atoms with E-state index in [9.17, 15) is 0 Å². The van der Waals surface area contributed by atoms with Crippen LogP contribution in [0.1, 0.15) is 46.0 Å². The molecule has 1 saturated carbocycles. The lowest BCUT2D eigenvalue weighted by Crippen LogP contribution is -2.56. The second kappa shape index (κ2) is 6.11. The largest absolute Gasteiger partial charge is 0.315 e. The second-order valence-corrected chi connectivity index (χ2v) is 7.67. The highest BCUT2D eigenvalue weighted by Gasteiger charge is 2.41. The summed E-state index contributed by atoms with van der Waals surface area (Å²) in [5, 5.41) is 3.59. The van der Waals surface area contributed by atoms with E-state index in [0.717, 1.165) is 12.1 Å². The van der Waals surface area contributed by atoms with E-state index in [2.05, 4.69) is 50.1 Å². The van der Waals surface area contributed by atoms with E-state index >= 15 is 0 Å². The Labute approximate surface area is 119 Å². The molecular formula is C16H33N3. The minimum absolute atomic E-state index is 0.517. The monoisotopic (exact) mass is 267 g/mol. The Balaban J connectivity index is 2.07. The van der Waals surface area contributed by atoms with Crippen LogP contribution < -0.4 is 5.32 Å². The van der Waals surface area contributed by atoms with E-state index in [1.807, 2.05) is 0 Å². The molecule has 1 aliphatic heterocycles. The predicted molar refractivity (Wildman–Crippen MR) is 82.5 cm³/mol. The van der Waals surface area contributed by atoms with Crippen LogP contribution in [0.5, 0.6) is 0 Å². The number of nitrogens with zero attached hydrogens (tertiary/aromatic N) is 2. The number of nitrogens with one attached hydrogen (secondary N) is 1. The third kappa shape index (κ3) is 3.71. The molecule has 0 spiro atoms. The van der Waals surface area contributed by atoms with E-state index in [0.29, 0.717) is 11.5 Å². The predicted octanol–water partition coefficient (Wildman–Crippen LogP) is 2.18. The van der Waals surface area contributed by atoms with Gasteiger partial charge in [-0.25, -0.2) is 0 Å². The quantitative estimate of drug-likeness (QED) is 0.842. The average Bonchev–Trinajstić information content (AvgIpc) is 2.75. The Hall–Kier alpha value is -0.120. The Morgan fingerprint density at radius 1 is 1.26 bits per heavy atom. The van der Waals surface area contributed by atoms with E-state index in [4.69, 9.17) is 0 Å². The summed E-state index contributed by atoms with van der Waals surface area (Å²) in [5.74, 6) is 0. The topological polar surface area (TPSA) is 18.5 Å². The molecule has 3 atom stereocenters. The molecule has 0 amide bonds. The van der Waals surface area contributed by atoms with E-state index in [1.165, 1.54) is 45.2 Å². The molecule has 0 radical (unpaired) electrons. The average molecular weight is 267 g/mol. The van der Waals surface area contributed by atoms with Crippen LogP contribution in [0.2, 0.25) is 0 Å². The van der Waals surface area contributed by atoms with Gasteiger partial charge >= 0.3 is 0 Å². The van der Waals surface area contributed by atoms with Gasteiger partial charge in [0.05, 0.1) is 0 Å². The van der Waals surface area contributed by atoms with Gasteiger partial charge in [-0.05, 0) is 65.2 Å². The first-order valence-electron chi connectivity index (χ1n) is 8.01. The van der Waals surface area contributed by atoms with Crippen molar-refractivity contribution in [1.29, 1.82) is 0 Å². The summed E-state index contributed by atoms with van der Waals surface area (Å²) in [6.45, 7) is 7.41. The summed E-state index contributed by atoms with van der Waals surface area (Å²) >= 11 is 0. The molecule has 0 aromatic rings. The third-order valence-corrected chi connectivity index (χ3v) is 5.15. The van der Waals surface area contributed by atoms with Gasteiger partial charge in [0.15, 0.2) is 0 Å². The fraction of sp³-hybridized carbons (Fsp3) is 1.00. The highest BCUT2D eigenvalue weighted by Crippen LogP contribution is 2.39. The van der Waals surface area contributed by atoms with Crippen molar-refractivity contribution in [2.45, 2.75) is 64.1 Å². The number of likely N-dealkylation sites (N-methyl/N-ethyl adjacent to an activating group) is 2. The highest BCUT2D eigenvalue weighted by atomic mass is 15.3. The van der Waals surface area contributed by atoms with Crippen LogP contribution in [0.3, 0.4) is 0 Å². The Morgan fingerprint density at radius 2 is 2.00 bits per heavy atom. The normalized spacial score (nSPS) is 36.0. The van der Waals surface area contributed by atoms with Crippen LogP contribution >= 0.6 is 0 Å². The zero-order valence-corrected chi connectivity index (χ0v) is 13.6. The van der Waals surface area contributed by atoms with Crippen molar-refractivity contribution in [2.75, 3.05) is 34.2 Å².